The van der Waals surface area contributed by atoms with E-state index in [1.165, 1.54) is 23.8 Å². The molecule has 17 heavy (non-hydrogen) atoms. The van der Waals surface area contributed by atoms with Gasteiger partial charge in [-0.3, -0.25) is 4.79 Å². The maximum atomic E-state index is 12.0. The minimum Gasteiger partial charge on any atom is -0.480 e. The van der Waals surface area contributed by atoms with Gasteiger partial charge in [0.25, 0.3) is 0 Å². The molecule has 1 fully saturated rings. The largest absolute Gasteiger partial charge is 0.480 e. The summed E-state index contributed by atoms with van der Waals surface area (Å²) in [5.41, 5.74) is 5.73. The van der Waals surface area contributed by atoms with Gasteiger partial charge in [-0.1, -0.05) is 0 Å². The highest BCUT2D eigenvalue weighted by atomic mass is 32.2. The number of methoxy groups -OCH3 is 1. The molecule has 0 spiro atoms. The molecule has 0 aliphatic carbocycles. The molecule has 0 aromatic carbocycles. The predicted molar refractivity (Wildman–Crippen MR) is 64.7 cm³/mol. The molecule has 0 bridgehead atoms. The first-order chi connectivity index (χ1) is 7.99. The van der Waals surface area contributed by atoms with Gasteiger partial charge in [-0.15, -0.1) is 11.8 Å². The number of aliphatic carboxylic acids is 1. The van der Waals surface area contributed by atoms with E-state index in [-0.39, 0.29) is 11.3 Å². The fourth-order valence-corrected chi connectivity index (χ4v) is 2.90. The third kappa shape index (κ3) is 3.34. The van der Waals surface area contributed by atoms with E-state index < -0.39 is 18.1 Å². The lowest BCUT2D eigenvalue weighted by molar-refractivity contribution is -0.149. The second-order valence-corrected chi connectivity index (χ2v) is 5.27. The zero-order valence-corrected chi connectivity index (χ0v) is 10.8. The van der Waals surface area contributed by atoms with Gasteiger partial charge in [-0.05, 0) is 13.3 Å². The van der Waals surface area contributed by atoms with Crippen molar-refractivity contribution in [2.24, 2.45) is 5.73 Å². The Bertz CT molecular complexity index is 300. The van der Waals surface area contributed by atoms with Crippen LogP contribution >= 0.6 is 11.8 Å². The van der Waals surface area contributed by atoms with Crippen LogP contribution in [-0.2, 0) is 14.3 Å². The summed E-state index contributed by atoms with van der Waals surface area (Å²) in [7, 11) is 1.53. The Balaban J connectivity index is 2.68. The van der Waals surface area contributed by atoms with E-state index in [1.54, 1.807) is 0 Å². The molecule has 3 unspecified atom stereocenters. The van der Waals surface area contributed by atoms with Gasteiger partial charge in [-0.2, -0.15) is 0 Å². The fourth-order valence-electron chi connectivity index (χ4n) is 1.73. The van der Waals surface area contributed by atoms with Crippen LogP contribution in [0, 0.1) is 0 Å². The summed E-state index contributed by atoms with van der Waals surface area (Å²) in [6, 6.07) is -1.46. The van der Waals surface area contributed by atoms with Gasteiger partial charge in [-0.25, -0.2) is 4.79 Å². The molecule has 1 rings (SSSR count). The number of nitrogens with zero attached hydrogens (tertiary/aromatic N) is 1. The quantitative estimate of drug-likeness (QED) is 0.708. The van der Waals surface area contributed by atoms with E-state index in [0.717, 1.165) is 0 Å². The number of hydrogen-bond acceptors (Lipinski definition) is 5. The van der Waals surface area contributed by atoms with Gasteiger partial charge in [0.05, 0.1) is 11.4 Å². The summed E-state index contributed by atoms with van der Waals surface area (Å²) in [4.78, 5) is 24.4. The molecule has 6 nitrogen and oxygen atoms in total. The Hall–Kier alpha value is -0.790. The van der Waals surface area contributed by atoms with Crippen LogP contribution in [-0.4, -0.2) is 58.8 Å². The third-order valence-corrected chi connectivity index (χ3v) is 3.93. The van der Waals surface area contributed by atoms with Crippen LogP contribution in [0.25, 0.3) is 0 Å². The van der Waals surface area contributed by atoms with Crippen LogP contribution in [0.4, 0.5) is 0 Å². The smallest absolute Gasteiger partial charge is 0.327 e. The maximum Gasteiger partial charge on any atom is 0.327 e. The molecule has 0 aromatic heterocycles. The van der Waals surface area contributed by atoms with E-state index in [1.807, 2.05) is 6.92 Å². The van der Waals surface area contributed by atoms with Crippen LogP contribution in [0.3, 0.4) is 0 Å². The number of thioether (sulfide) groups is 1. The van der Waals surface area contributed by atoms with Crippen LogP contribution in [0.15, 0.2) is 0 Å². The maximum absolute atomic E-state index is 12.0. The van der Waals surface area contributed by atoms with Crippen LogP contribution in [0.1, 0.15) is 13.3 Å². The van der Waals surface area contributed by atoms with Crippen molar-refractivity contribution < 1.29 is 19.4 Å². The Morgan fingerprint density at radius 1 is 1.65 bits per heavy atom. The molecule has 3 atom stereocenters. The van der Waals surface area contributed by atoms with Gasteiger partial charge in [0.2, 0.25) is 5.91 Å². The molecule has 3 N–H and O–H groups in total. The normalized spacial score (nSPS) is 25.9. The molecule has 1 aliphatic rings. The van der Waals surface area contributed by atoms with Gasteiger partial charge in [0.15, 0.2) is 0 Å². The van der Waals surface area contributed by atoms with E-state index in [0.29, 0.717) is 18.8 Å². The molecule has 7 heteroatoms. The summed E-state index contributed by atoms with van der Waals surface area (Å²) in [5, 5.41) is 8.89. The topological polar surface area (TPSA) is 92.9 Å². The van der Waals surface area contributed by atoms with E-state index in [4.69, 9.17) is 15.6 Å². The molecular formula is C10H18N2O4S. The number of amides is 1. The molecule has 1 amide bonds. The molecule has 1 heterocycles. The lowest BCUT2D eigenvalue weighted by atomic mass is 10.1. The van der Waals surface area contributed by atoms with Crippen molar-refractivity contribution in [2.75, 3.05) is 19.5 Å². The van der Waals surface area contributed by atoms with E-state index in [9.17, 15) is 9.59 Å². The summed E-state index contributed by atoms with van der Waals surface area (Å²) in [6.45, 7) is 2.20. The number of carboxylic acids is 1. The monoisotopic (exact) mass is 262 g/mol. The zero-order chi connectivity index (χ0) is 13.0. The summed E-state index contributed by atoms with van der Waals surface area (Å²) >= 11 is 1.45. The minimum absolute atomic E-state index is 0.141. The van der Waals surface area contributed by atoms with Gasteiger partial charge in [0, 0.05) is 19.5 Å². The van der Waals surface area contributed by atoms with Crippen molar-refractivity contribution in [3.63, 3.8) is 0 Å². The van der Waals surface area contributed by atoms with Gasteiger partial charge in [0.1, 0.15) is 6.04 Å². The molecular weight excluding hydrogens is 244 g/mol. The zero-order valence-electron chi connectivity index (χ0n) is 9.96. The van der Waals surface area contributed by atoms with Crippen LogP contribution in [0.2, 0.25) is 0 Å². The first-order valence-corrected chi connectivity index (χ1v) is 6.45. The fraction of sp³-hybridized carbons (Fsp3) is 0.800. The van der Waals surface area contributed by atoms with Crippen LogP contribution in [0.5, 0.6) is 0 Å². The highest BCUT2D eigenvalue weighted by Crippen LogP contribution is 2.29. The van der Waals surface area contributed by atoms with Crippen molar-refractivity contribution in [1.82, 2.24) is 4.90 Å². The highest BCUT2D eigenvalue weighted by Gasteiger charge is 2.40. The van der Waals surface area contributed by atoms with E-state index >= 15 is 0 Å². The van der Waals surface area contributed by atoms with Crippen molar-refractivity contribution in [3.8, 4) is 0 Å². The number of carboxylic acid groups (broad SMARTS) is 1. The van der Waals surface area contributed by atoms with Crippen molar-refractivity contribution in [1.29, 1.82) is 0 Å². The number of rotatable bonds is 5. The number of carbonyl (C=O) groups excluding carboxylic acids is 1. The number of carbonyl (C=O) groups is 2. The Morgan fingerprint density at radius 3 is 2.82 bits per heavy atom. The Kier molecular flexibility index (Phi) is 5.23. The van der Waals surface area contributed by atoms with Gasteiger partial charge >= 0.3 is 5.97 Å². The number of ether oxygens (including phenoxy) is 1. The molecule has 1 saturated heterocycles. The Morgan fingerprint density at radius 2 is 2.29 bits per heavy atom. The summed E-state index contributed by atoms with van der Waals surface area (Å²) in [5.74, 6) is -0.875. The molecule has 1 aliphatic heterocycles. The summed E-state index contributed by atoms with van der Waals surface area (Å²) < 4.78 is 4.85. The second-order valence-electron chi connectivity index (χ2n) is 3.92. The first-order valence-electron chi connectivity index (χ1n) is 5.40. The predicted octanol–water partition coefficient (Wildman–Crippen LogP) is -0.275. The number of nitrogens with two attached hydrogens (primary N) is 1. The lowest BCUT2D eigenvalue weighted by Crippen LogP contribution is -2.51. The molecule has 98 valence electrons. The third-order valence-electron chi connectivity index (χ3n) is 2.71. The number of hydrogen-bond donors (Lipinski definition) is 2. The molecule has 0 radical (unpaired) electrons. The molecule has 0 saturated carbocycles. The standard InChI is InChI=1S/C10H18N2O4S/c1-6-12(8(5-17-6)10(14)15)9(13)7(11)3-4-16-2/h6-8H,3-5,11H2,1-2H3,(H,14,15). The second kappa shape index (κ2) is 6.23. The van der Waals surface area contributed by atoms with Crippen molar-refractivity contribution in [2.45, 2.75) is 30.8 Å². The lowest BCUT2D eigenvalue weighted by Gasteiger charge is -2.27. The average Bonchev–Trinajstić information content (AvgIpc) is 2.67. The highest BCUT2D eigenvalue weighted by molar-refractivity contribution is 8.00. The SMILES string of the molecule is COCCC(N)C(=O)N1C(C)SCC1C(=O)O. The van der Waals surface area contributed by atoms with Crippen LogP contribution < -0.4 is 5.73 Å². The summed E-state index contributed by atoms with van der Waals surface area (Å²) in [6.07, 6.45) is 0.398. The minimum atomic E-state index is -0.978. The first kappa shape index (κ1) is 14.3. The molecule has 0 aromatic rings. The van der Waals surface area contributed by atoms with E-state index in [2.05, 4.69) is 0 Å². The average molecular weight is 262 g/mol. The Labute approximate surface area is 104 Å². The van der Waals surface area contributed by atoms with Crippen molar-refractivity contribution in [3.05, 3.63) is 0 Å². The van der Waals surface area contributed by atoms with Gasteiger partial charge < -0.3 is 20.5 Å². The van der Waals surface area contributed by atoms with Crippen molar-refractivity contribution >= 4 is 23.6 Å².